The van der Waals surface area contributed by atoms with Crippen molar-refractivity contribution in [2.75, 3.05) is 6.54 Å². The largest absolute Gasteiger partial charge is 0.346 e. The summed E-state index contributed by atoms with van der Waals surface area (Å²) >= 11 is 4.50. The third kappa shape index (κ3) is 4.96. The average Bonchev–Trinajstić information content (AvgIpc) is 2.47. The van der Waals surface area contributed by atoms with Gasteiger partial charge in [0.15, 0.2) is 0 Å². The number of thiol groups is 1. The van der Waals surface area contributed by atoms with Gasteiger partial charge in [-0.2, -0.15) is 0 Å². The number of likely N-dealkylation sites (N-methyl/N-ethyl adjacent to an activating group) is 1. The Labute approximate surface area is 141 Å². The lowest BCUT2D eigenvalue weighted by molar-refractivity contribution is 0.463. The van der Waals surface area contributed by atoms with Crippen molar-refractivity contribution in [1.82, 2.24) is 4.90 Å². The third-order valence-electron chi connectivity index (χ3n) is 3.70. The van der Waals surface area contributed by atoms with Crippen molar-refractivity contribution in [3.05, 3.63) is 77.7 Å². The Hall–Kier alpha value is -1.67. The molecule has 0 fully saturated rings. The van der Waals surface area contributed by atoms with Crippen molar-refractivity contribution in [1.29, 1.82) is 0 Å². The maximum atomic E-state index is 4.50. The first kappa shape index (κ1) is 18.4. The Morgan fingerprint density at radius 1 is 1.18 bits per heavy atom. The molecule has 1 rings (SSSR count). The zero-order chi connectivity index (χ0) is 16.7. The van der Waals surface area contributed by atoms with E-state index in [2.05, 4.69) is 62.8 Å². The number of hydrogen-bond donors (Lipinski definition) is 1. The summed E-state index contributed by atoms with van der Waals surface area (Å²) in [4.78, 5) is 3.24. The molecule has 0 bridgehead atoms. The maximum Gasteiger partial charge on any atom is 0.0436 e. The molecule has 0 saturated heterocycles. The Morgan fingerprint density at radius 2 is 1.82 bits per heavy atom. The van der Waals surface area contributed by atoms with Crippen LogP contribution in [-0.2, 0) is 6.42 Å². The lowest BCUT2D eigenvalue weighted by Crippen LogP contribution is -2.20. The van der Waals surface area contributed by atoms with Crippen molar-refractivity contribution in [3.8, 4) is 0 Å². The molecule has 0 aliphatic carbocycles. The third-order valence-corrected chi connectivity index (χ3v) is 4.13. The SMILES string of the molecule is C=C(C)/C(C)=C(\C=C/Cc1ccccc1S)N(CC)C(=C)C. The van der Waals surface area contributed by atoms with Gasteiger partial charge in [0.05, 0.1) is 0 Å². The minimum absolute atomic E-state index is 0.861. The van der Waals surface area contributed by atoms with E-state index >= 15 is 0 Å². The van der Waals surface area contributed by atoms with E-state index in [-0.39, 0.29) is 0 Å². The maximum absolute atomic E-state index is 4.50. The summed E-state index contributed by atoms with van der Waals surface area (Å²) in [6.45, 7) is 17.4. The lowest BCUT2D eigenvalue weighted by atomic mass is 10.1. The van der Waals surface area contributed by atoms with Crippen LogP contribution in [0.3, 0.4) is 0 Å². The van der Waals surface area contributed by atoms with Crippen LogP contribution in [0.4, 0.5) is 0 Å². The molecule has 0 spiro atoms. The highest BCUT2D eigenvalue weighted by molar-refractivity contribution is 7.80. The highest BCUT2D eigenvalue weighted by Crippen LogP contribution is 2.22. The second-order valence-corrected chi connectivity index (χ2v) is 5.99. The summed E-state index contributed by atoms with van der Waals surface area (Å²) in [7, 11) is 0. The van der Waals surface area contributed by atoms with Gasteiger partial charge < -0.3 is 4.90 Å². The van der Waals surface area contributed by atoms with E-state index in [9.17, 15) is 0 Å². The van der Waals surface area contributed by atoms with Gasteiger partial charge in [-0.1, -0.05) is 43.0 Å². The molecule has 0 amide bonds. The number of rotatable bonds is 7. The molecule has 118 valence electrons. The Bertz CT molecular complexity index is 608. The van der Waals surface area contributed by atoms with Crippen molar-refractivity contribution in [2.24, 2.45) is 0 Å². The van der Waals surface area contributed by atoms with Gasteiger partial charge in [0.1, 0.15) is 0 Å². The Morgan fingerprint density at radius 3 is 2.32 bits per heavy atom. The molecule has 0 aromatic heterocycles. The summed E-state index contributed by atoms with van der Waals surface area (Å²) in [5, 5.41) is 0. The molecular weight excluding hydrogens is 286 g/mol. The topological polar surface area (TPSA) is 3.24 Å². The van der Waals surface area contributed by atoms with E-state index in [0.29, 0.717) is 0 Å². The highest BCUT2D eigenvalue weighted by Gasteiger charge is 2.09. The second kappa shape index (κ2) is 8.70. The van der Waals surface area contributed by atoms with Gasteiger partial charge in [-0.3, -0.25) is 0 Å². The number of nitrogens with zero attached hydrogens (tertiary/aromatic N) is 1. The molecule has 1 aromatic carbocycles. The fourth-order valence-corrected chi connectivity index (χ4v) is 2.51. The molecule has 0 aliphatic heterocycles. The van der Waals surface area contributed by atoms with E-state index in [1.54, 1.807) is 0 Å². The zero-order valence-corrected chi connectivity index (χ0v) is 15.1. The first-order valence-electron chi connectivity index (χ1n) is 7.61. The average molecular weight is 314 g/mol. The summed E-state index contributed by atoms with van der Waals surface area (Å²) in [5.41, 5.74) is 5.71. The Balaban J connectivity index is 3.07. The van der Waals surface area contributed by atoms with Crippen LogP contribution in [0.5, 0.6) is 0 Å². The predicted molar refractivity (Wildman–Crippen MR) is 101 cm³/mol. The quantitative estimate of drug-likeness (QED) is 0.493. The number of allylic oxidation sites excluding steroid dienone is 5. The van der Waals surface area contributed by atoms with Crippen LogP contribution in [0.25, 0.3) is 0 Å². The summed E-state index contributed by atoms with van der Waals surface area (Å²) in [6.07, 6.45) is 5.21. The highest BCUT2D eigenvalue weighted by atomic mass is 32.1. The second-order valence-electron chi connectivity index (χ2n) is 5.51. The Kier molecular flexibility index (Phi) is 7.26. The van der Waals surface area contributed by atoms with Crippen LogP contribution in [0.1, 0.15) is 33.3 Å². The molecule has 0 atom stereocenters. The van der Waals surface area contributed by atoms with Gasteiger partial charge in [-0.25, -0.2) is 0 Å². The molecule has 0 unspecified atom stereocenters. The van der Waals surface area contributed by atoms with Crippen molar-refractivity contribution in [3.63, 3.8) is 0 Å². The van der Waals surface area contributed by atoms with Gasteiger partial charge >= 0.3 is 0 Å². The zero-order valence-electron chi connectivity index (χ0n) is 14.2. The van der Waals surface area contributed by atoms with Crippen molar-refractivity contribution >= 4 is 12.6 Å². The van der Waals surface area contributed by atoms with Crippen LogP contribution >= 0.6 is 12.6 Å². The van der Waals surface area contributed by atoms with E-state index in [4.69, 9.17) is 0 Å². The molecule has 0 heterocycles. The van der Waals surface area contributed by atoms with Gasteiger partial charge in [0, 0.05) is 22.8 Å². The number of benzene rings is 1. The van der Waals surface area contributed by atoms with Crippen LogP contribution in [0.2, 0.25) is 0 Å². The van der Waals surface area contributed by atoms with Gasteiger partial charge in [0.2, 0.25) is 0 Å². The lowest BCUT2D eigenvalue weighted by Gasteiger charge is -2.26. The minimum atomic E-state index is 0.861. The standard InChI is InChI=1S/C20H27NS/c1-7-21(16(4)5)19(17(6)15(2)3)13-10-12-18-11-8-9-14-20(18)22/h8-11,13-14,22H,2,4,7,12H2,1,3,5-6H3/b13-10-,19-17+. The minimum Gasteiger partial charge on any atom is -0.346 e. The van der Waals surface area contributed by atoms with Gasteiger partial charge in [-0.05, 0) is 57.4 Å². The van der Waals surface area contributed by atoms with Crippen LogP contribution in [-0.4, -0.2) is 11.4 Å². The normalized spacial score (nSPS) is 12.2. The van der Waals surface area contributed by atoms with Crippen molar-refractivity contribution in [2.45, 2.75) is 39.0 Å². The molecule has 2 heteroatoms. The van der Waals surface area contributed by atoms with Gasteiger partial charge in [-0.15, -0.1) is 12.6 Å². The molecule has 0 radical (unpaired) electrons. The summed E-state index contributed by atoms with van der Waals surface area (Å²) in [6, 6.07) is 8.18. The first-order valence-corrected chi connectivity index (χ1v) is 8.06. The first-order chi connectivity index (χ1) is 10.4. The van der Waals surface area contributed by atoms with E-state index in [1.165, 1.54) is 16.8 Å². The number of hydrogen-bond acceptors (Lipinski definition) is 2. The molecule has 0 aliphatic rings. The molecule has 1 nitrogen and oxygen atoms in total. The van der Waals surface area contributed by atoms with Crippen LogP contribution < -0.4 is 0 Å². The summed E-state index contributed by atoms with van der Waals surface area (Å²) in [5.74, 6) is 0. The fraction of sp³-hybridized carbons (Fsp3) is 0.300. The van der Waals surface area contributed by atoms with E-state index < -0.39 is 0 Å². The fourth-order valence-electron chi connectivity index (χ4n) is 2.26. The molecule has 22 heavy (non-hydrogen) atoms. The monoisotopic (exact) mass is 313 g/mol. The van der Waals surface area contributed by atoms with E-state index in [0.717, 1.165) is 29.1 Å². The molecule has 1 aromatic rings. The predicted octanol–water partition coefficient (Wildman–Crippen LogP) is 5.78. The molecule has 0 N–H and O–H groups in total. The smallest absolute Gasteiger partial charge is 0.0436 e. The van der Waals surface area contributed by atoms with E-state index in [1.807, 2.05) is 32.0 Å². The van der Waals surface area contributed by atoms with Crippen molar-refractivity contribution < 1.29 is 0 Å². The summed E-state index contributed by atoms with van der Waals surface area (Å²) < 4.78 is 0. The van der Waals surface area contributed by atoms with Crippen LogP contribution in [0.15, 0.2) is 77.0 Å². The van der Waals surface area contributed by atoms with Crippen LogP contribution in [0, 0.1) is 0 Å². The van der Waals surface area contributed by atoms with Gasteiger partial charge in [0.25, 0.3) is 0 Å². The molecular formula is C20H27NS. The molecule has 0 saturated carbocycles.